The zero-order valence-electron chi connectivity index (χ0n) is 11.0. The summed E-state index contributed by atoms with van der Waals surface area (Å²) in [7, 11) is 0. The van der Waals surface area contributed by atoms with E-state index in [1.807, 2.05) is 6.26 Å². The molecule has 0 heterocycles. The highest BCUT2D eigenvalue weighted by Crippen LogP contribution is 2.14. The van der Waals surface area contributed by atoms with Gasteiger partial charge in [-0.25, -0.2) is 13.2 Å². The zero-order valence-corrected chi connectivity index (χ0v) is 11.8. The number of aliphatic hydroxyl groups excluding tert-OH is 1. The molecule has 0 aliphatic heterocycles. The van der Waals surface area contributed by atoms with Gasteiger partial charge in [0.1, 0.15) is 5.82 Å². The molecule has 0 radical (unpaired) electrons. The molecule has 0 aliphatic rings. The summed E-state index contributed by atoms with van der Waals surface area (Å²) in [5.74, 6) is -3.32. The third kappa shape index (κ3) is 5.05. The average molecular weight is 307 g/mol. The van der Waals surface area contributed by atoms with Crippen molar-refractivity contribution in [2.75, 3.05) is 18.6 Å². The van der Waals surface area contributed by atoms with Gasteiger partial charge >= 0.3 is 0 Å². The van der Waals surface area contributed by atoms with Crippen LogP contribution in [0.5, 0.6) is 0 Å². The first-order valence-electron chi connectivity index (χ1n) is 6.00. The fourth-order valence-electron chi connectivity index (χ4n) is 1.71. The summed E-state index contributed by atoms with van der Waals surface area (Å²) in [4.78, 5) is 11.7. The van der Waals surface area contributed by atoms with Crippen LogP contribution >= 0.6 is 11.8 Å². The van der Waals surface area contributed by atoms with E-state index in [2.05, 4.69) is 5.32 Å². The molecular weight excluding hydrogens is 291 g/mol. The number of thioether (sulfide) groups is 1. The SMILES string of the molecule is CSCC(CCO)NC(=O)Cc1cc(F)c(F)cc1F. The molecule has 0 saturated carbocycles. The molecule has 0 saturated heterocycles. The van der Waals surface area contributed by atoms with Gasteiger partial charge in [-0.3, -0.25) is 4.79 Å². The molecule has 2 N–H and O–H groups in total. The van der Waals surface area contributed by atoms with Crippen molar-refractivity contribution in [3.05, 3.63) is 35.1 Å². The first-order valence-corrected chi connectivity index (χ1v) is 7.40. The molecule has 1 amide bonds. The molecule has 0 fully saturated rings. The molecule has 0 spiro atoms. The van der Waals surface area contributed by atoms with Crippen LogP contribution in [0, 0.1) is 17.5 Å². The predicted molar refractivity (Wildman–Crippen MR) is 72.0 cm³/mol. The minimum atomic E-state index is -1.29. The smallest absolute Gasteiger partial charge is 0.224 e. The summed E-state index contributed by atoms with van der Waals surface area (Å²) in [6.07, 6.45) is 1.86. The van der Waals surface area contributed by atoms with Crippen molar-refractivity contribution >= 4 is 17.7 Å². The Hall–Kier alpha value is -1.21. The number of rotatable bonds is 7. The average Bonchev–Trinajstić information content (AvgIpc) is 2.36. The first-order chi connectivity index (χ1) is 9.47. The quantitative estimate of drug-likeness (QED) is 0.756. The van der Waals surface area contributed by atoms with E-state index in [-0.39, 0.29) is 24.6 Å². The summed E-state index contributed by atoms with van der Waals surface area (Å²) >= 11 is 1.50. The van der Waals surface area contributed by atoms with Gasteiger partial charge in [0.2, 0.25) is 5.91 Å². The molecule has 1 aromatic carbocycles. The lowest BCUT2D eigenvalue weighted by atomic mass is 10.1. The topological polar surface area (TPSA) is 49.3 Å². The largest absolute Gasteiger partial charge is 0.396 e. The van der Waals surface area contributed by atoms with Crippen LogP contribution in [0.3, 0.4) is 0 Å². The van der Waals surface area contributed by atoms with Gasteiger partial charge in [0.05, 0.1) is 6.42 Å². The van der Waals surface area contributed by atoms with Crippen LogP contribution in [0.4, 0.5) is 13.2 Å². The van der Waals surface area contributed by atoms with Gasteiger partial charge in [-0.2, -0.15) is 11.8 Å². The molecule has 1 aromatic rings. The lowest BCUT2D eigenvalue weighted by Crippen LogP contribution is -2.38. The van der Waals surface area contributed by atoms with Crippen molar-refractivity contribution in [1.29, 1.82) is 0 Å². The van der Waals surface area contributed by atoms with E-state index < -0.39 is 23.4 Å². The predicted octanol–water partition coefficient (Wildman–Crippen LogP) is 1.88. The number of benzene rings is 1. The summed E-state index contributed by atoms with van der Waals surface area (Å²) in [5, 5.41) is 11.5. The molecule has 20 heavy (non-hydrogen) atoms. The van der Waals surface area contributed by atoms with Gasteiger partial charge in [0.15, 0.2) is 11.6 Å². The minimum Gasteiger partial charge on any atom is -0.396 e. The molecule has 3 nitrogen and oxygen atoms in total. The van der Waals surface area contributed by atoms with Gasteiger partial charge < -0.3 is 10.4 Å². The highest BCUT2D eigenvalue weighted by Gasteiger charge is 2.16. The minimum absolute atomic E-state index is 0.0783. The van der Waals surface area contributed by atoms with E-state index in [1.165, 1.54) is 11.8 Å². The number of amides is 1. The third-order valence-corrected chi connectivity index (χ3v) is 3.39. The van der Waals surface area contributed by atoms with Crippen LogP contribution in [-0.4, -0.2) is 35.7 Å². The molecule has 0 aliphatic carbocycles. The van der Waals surface area contributed by atoms with Crippen molar-refractivity contribution in [2.45, 2.75) is 18.9 Å². The number of aliphatic hydroxyl groups is 1. The molecule has 1 atom stereocenters. The Bertz CT molecular complexity index is 465. The summed E-state index contributed by atoms with van der Waals surface area (Å²) < 4.78 is 39.2. The highest BCUT2D eigenvalue weighted by atomic mass is 32.2. The molecule has 7 heteroatoms. The van der Waals surface area contributed by atoms with E-state index >= 15 is 0 Å². The Balaban J connectivity index is 2.68. The molecule has 0 bridgehead atoms. The number of carbonyl (C=O) groups excluding carboxylic acids is 1. The zero-order chi connectivity index (χ0) is 15.1. The lowest BCUT2D eigenvalue weighted by molar-refractivity contribution is -0.121. The highest BCUT2D eigenvalue weighted by molar-refractivity contribution is 7.98. The normalized spacial score (nSPS) is 12.2. The van der Waals surface area contributed by atoms with Crippen molar-refractivity contribution < 1.29 is 23.1 Å². The van der Waals surface area contributed by atoms with Crippen molar-refractivity contribution in [2.24, 2.45) is 0 Å². The Kier molecular flexibility index (Phi) is 6.87. The fraction of sp³-hybridized carbons (Fsp3) is 0.462. The number of hydrogen-bond acceptors (Lipinski definition) is 3. The maximum absolute atomic E-state index is 13.4. The van der Waals surface area contributed by atoms with Gasteiger partial charge in [-0.1, -0.05) is 0 Å². The Morgan fingerprint density at radius 3 is 2.55 bits per heavy atom. The van der Waals surface area contributed by atoms with Gasteiger partial charge in [-0.05, 0) is 18.7 Å². The molecule has 0 aromatic heterocycles. The molecule has 1 rings (SSSR count). The second-order valence-electron chi connectivity index (χ2n) is 4.27. The maximum Gasteiger partial charge on any atom is 0.224 e. The van der Waals surface area contributed by atoms with Crippen molar-refractivity contribution in [1.82, 2.24) is 5.32 Å². The third-order valence-electron chi connectivity index (χ3n) is 2.65. The van der Waals surface area contributed by atoms with Crippen LogP contribution in [-0.2, 0) is 11.2 Å². The first kappa shape index (κ1) is 16.8. The van der Waals surface area contributed by atoms with E-state index in [0.29, 0.717) is 24.3 Å². The fourth-order valence-corrected chi connectivity index (χ4v) is 2.36. The van der Waals surface area contributed by atoms with Crippen LogP contribution in [0.2, 0.25) is 0 Å². The summed E-state index contributed by atoms with van der Waals surface area (Å²) in [6, 6.07) is 0.862. The Morgan fingerprint density at radius 2 is 1.95 bits per heavy atom. The van der Waals surface area contributed by atoms with Crippen LogP contribution in [0.1, 0.15) is 12.0 Å². The van der Waals surface area contributed by atoms with Gasteiger partial charge in [0.25, 0.3) is 0 Å². The Labute approximate surface area is 119 Å². The monoisotopic (exact) mass is 307 g/mol. The van der Waals surface area contributed by atoms with Crippen LogP contribution in [0.15, 0.2) is 12.1 Å². The van der Waals surface area contributed by atoms with E-state index in [0.717, 1.165) is 0 Å². The number of hydrogen-bond donors (Lipinski definition) is 2. The van der Waals surface area contributed by atoms with E-state index in [9.17, 15) is 18.0 Å². The maximum atomic E-state index is 13.4. The summed E-state index contributed by atoms with van der Waals surface area (Å²) in [5.41, 5.74) is -0.201. The van der Waals surface area contributed by atoms with Crippen molar-refractivity contribution in [3.63, 3.8) is 0 Å². The van der Waals surface area contributed by atoms with E-state index in [1.54, 1.807) is 0 Å². The second kappa shape index (κ2) is 8.16. The van der Waals surface area contributed by atoms with Crippen molar-refractivity contribution in [3.8, 4) is 0 Å². The second-order valence-corrected chi connectivity index (χ2v) is 5.18. The molecule has 112 valence electrons. The Morgan fingerprint density at radius 1 is 1.30 bits per heavy atom. The summed E-state index contributed by atoms with van der Waals surface area (Å²) in [6.45, 7) is -0.0783. The van der Waals surface area contributed by atoms with Crippen LogP contribution < -0.4 is 5.32 Å². The van der Waals surface area contributed by atoms with Gasteiger partial charge in [-0.15, -0.1) is 0 Å². The molecular formula is C13H16F3NO2S. The number of halogens is 3. The van der Waals surface area contributed by atoms with Gasteiger partial charge in [0, 0.05) is 30.0 Å². The van der Waals surface area contributed by atoms with Crippen LogP contribution in [0.25, 0.3) is 0 Å². The number of nitrogens with one attached hydrogen (secondary N) is 1. The number of carbonyl (C=O) groups is 1. The molecule has 1 unspecified atom stereocenters. The lowest BCUT2D eigenvalue weighted by Gasteiger charge is -2.16. The van der Waals surface area contributed by atoms with E-state index in [4.69, 9.17) is 5.11 Å². The standard InChI is InChI=1S/C13H16F3NO2S/c1-20-7-9(2-3-18)17-13(19)5-8-4-11(15)12(16)6-10(8)14/h4,6,9,18H,2-3,5,7H2,1H3,(H,17,19).